The van der Waals surface area contributed by atoms with Crippen LogP contribution in [-0.4, -0.2) is 29.1 Å². The zero-order valence-electron chi connectivity index (χ0n) is 15.6. The molecule has 0 spiro atoms. The third kappa shape index (κ3) is 8.57. The number of hydrogen-bond acceptors (Lipinski definition) is 3. The Balaban J connectivity index is 2.42. The minimum atomic E-state index is -0.952. The highest BCUT2D eigenvalue weighted by Gasteiger charge is 2.29. The molecule has 1 aromatic carbocycles. The molecule has 5 heteroatoms. The van der Waals surface area contributed by atoms with Crippen LogP contribution in [0.2, 0.25) is 0 Å². The second-order valence-corrected chi connectivity index (χ2v) is 6.82. The van der Waals surface area contributed by atoms with Gasteiger partial charge in [0.25, 0.3) is 5.91 Å². The maximum atomic E-state index is 12.3. The SMILES string of the molecule is CCCCCCCNC(=O)C(C)(C)Oc1ccc(CCC(=O)O)cc1. The number of ether oxygens (including phenoxy) is 1. The minimum Gasteiger partial charge on any atom is -0.481 e. The number of nitrogens with one attached hydrogen (secondary N) is 1. The van der Waals surface area contributed by atoms with Crippen LogP contribution in [0.25, 0.3) is 0 Å². The number of carbonyl (C=O) groups is 2. The zero-order chi connectivity index (χ0) is 18.7. The third-order valence-corrected chi connectivity index (χ3v) is 4.04. The van der Waals surface area contributed by atoms with Crippen molar-refractivity contribution >= 4 is 11.9 Å². The normalized spacial score (nSPS) is 11.2. The molecular formula is C20H31NO4. The molecule has 0 radical (unpaired) electrons. The van der Waals surface area contributed by atoms with Gasteiger partial charge < -0.3 is 15.2 Å². The van der Waals surface area contributed by atoms with Crippen molar-refractivity contribution in [3.63, 3.8) is 0 Å². The van der Waals surface area contributed by atoms with Gasteiger partial charge in [0.05, 0.1) is 0 Å². The van der Waals surface area contributed by atoms with E-state index in [0.29, 0.717) is 18.7 Å². The first-order valence-electron chi connectivity index (χ1n) is 9.13. The van der Waals surface area contributed by atoms with Crippen molar-refractivity contribution in [3.8, 4) is 5.75 Å². The van der Waals surface area contributed by atoms with Crippen LogP contribution in [0.1, 0.15) is 64.9 Å². The van der Waals surface area contributed by atoms with E-state index in [2.05, 4.69) is 12.2 Å². The summed E-state index contributed by atoms with van der Waals surface area (Å²) in [6, 6.07) is 7.22. The number of carboxylic acid groups (broad SMARTS) is 1. The van der Waals surface area contributed by atoms with Crippen LogP contribution < -0.4 is 10.1 Å². The van der Waals surface area contributed by atoms with E-state index in [-0.39, 0.29) is 12.3 Å². The fourth-order valence-corrected chi connectivity index (χ4v) is 2.46. The fraction of sp³-hybridized carbons (Fsp3) is 0.600. The monoisotopic (exact) mass is 349 g/mol. The number of amides is 1. The lowest BCUT2D eigenvalue weighted by molar-refractivity contribution is -0.137. The molecule has 0 unspecified atom stereocenters. The van der Waals surface area contributed by atoms with Crippen LogP contribution in [0.4, 0.5) is 0 Å². The molecule has 0 saturated heterocycles. The molecule has 1 rings (SSSR count). The quantitative estimate of drug-likeness (QED) is 0.560. The Morgan fingerprint density at radius 1 is 1.08 bits per heavy atom. The van der Waals surface area contributed by atoms with Gasteiger partial charge in [-0.05, 0) is 44.4 Å². The molecule has 2 N–H and O–H groups in total. The van der Waals surface area contributed by atoms with Crippen molar-refractivity contribution in [2.45, 2.75) is 71.3 Å². The lowest BCUT2D eigenvalue weighted by atomic mass is 10.1. The van der Waals surface area contributed by atoms with Gasteiger partial charge in [-0.2, -0.15) is 0 Å². The van der Waals surface area contributed by atoms with Crippen molar-refractivity contribution < 1.29 is 19.4 Å². The molecule has 0 aliphatic heterocycles. The summed E-state index contributed by atoms with van der Waals surface area (Å²) >= 11 is 0. The predicted molar refractivity (Wildman–Crippen MR) is 98.9 cm³/mol. The van der Waals surface area contributed by atoms with Crippen molar-refractivity contribution in [1.29, 1.82) is 0 Å². The van der Waals surface area contributed by atoms with Gasteiger partial charge in [-0.25, -0.2) is 0 Å². The highest BCUT2D eigenvalue weighted by Crippen LogP contribution is 2.20. The minimum absolute atomic E-state index is 0.104. The molecule has 0 heterocycles. The number of unbranched alkanes of at least 4 members (excludes halogenated alkanes) is 4. The first kappa shape index (κ1) is 21.0. The van der Waals surface area contributed by atoms with Crippen LogP contribution >= 0.6 is 0 Å². The van der Waals surface area contributed by atoms with Crippen LogP contribution in [0, 0.1) is 0 Å². The van der Waals surface area contributed by atoms with E-state index < -0.39 is 11.6 Å². The Kier molecular flexibility index (Phi) is 9.03. The molecule has 140 valence electrons. The molecule has 0 fully saturated rings. The predicted octanol–water partition coefficient (Wildman–Crippen LogP) is 3.95. The number of carbonyl (C=O) groups excluding carboxylic acids is 1. The molecule has 0 atom stereocenters. The Morgan fingerprint density at radius 3 is 2.32 bits per heavy atom. The van der Waals surface area contributed by atoms with Gasteiger partial charge in [-0.15, -0.1) is 0 Å². The van der Waals surface area contributed by atoms with Gasteiger partial charge in [0.1, 0.15) is 5.75 Å². The molecule has 1 aromatic rings. The van der Waals surface area contributed by atoms with Gasteiger partial charge in [0.2, 0.25) is 0 Å². The number of rotatable bonds is 12. The smallest absolute Gasteiger partial charge is 0.303 e. The molecule has 1 amide bonds. The van der Waals surface area contributed by atoms with E-state index >= 15 is 0 Å². The molecule has 5 nitrogen and oxygen atoms in total. The van der Waals surface area contributed by atoms with Crippen molar-refractivity contribution in [1.82, 2.24) is 5.32 Å². The summed E-state index contributed by atoms with van der Waals surface area (Å²) in [5.74, 6) is -0.340. The van der Waals surface area contributed by atoms with E-state index in [1.165, 1.54) is 19.3 Å². The van der Waals surface area contributed by atoms with E-state index in [1.54, 1.807) is 26.0 Å². The Bertz CT molecular complexity index is 537. The summed E-state index contributed by atoms with van der Waals surface area (Å²) in [7, 11) is 0. The fourth-order valence-electron chi connectivity index (χ4n) is 2.46. The lowest BCUT2D eigenvalue weighted by Crippen LogP contribution is -2.46. The van der Waals surface area contributed by atoms with E-state index in [9.17, 15) is 9.59 Å². The first-order valence-corrected chi connectivity index (χ1v) is 9.13. The lowest BCUT2D eigenvalue weighted by Gasteiger charge is -2.25. The van der Waals surface area contributed by atoms with E-state index in [0.717, 1.165) is 18.4 Å². The zero-order valence-corrected chi connectivity index (χ0v) is 15.6. The Morgan fingerprint density at radius 2 is 1.72 bits per heavy atom. The highest BCUT2D eigenvalue weighted by atomic mass is 16.5. The first-order chi connectivity index (χ1) is 11.8. The maximum absolute atomic E-state index is 12.3. The number of carboxylic acids is 1. The highest BCUT2D eigenvalue weighted by molar-refractivity contribution is 5.84. The summed E-state index contributed by atoms with van der Waals surface area (Å²) in [4.78, 5) is 22.9. The second kappa shape index (κ2) is 10.7. The van der Waals surface area contributed by atoms with Crippen LogP contribution in [0.5, 0.6) is 5.75 Å². The topological polar surface area (TPSA) is 75.6 Å². The molecular weight excluding hydrogens is 318 g/mol. The number of aryl methyl sites for hydroxylation is 1. The molecule has 0 aliphatic carbocycles. The Hall–Kier alpha value is -2.04. The Labute approximate surface area is 150 Å². The average Bonchev–Trinajstić information content (AvgIpc) is 2.56. The molecule has 0 saturated carbocycles. The van der Waals surface area contributed by atoms with E-state index in [1.807, 2.05) is 12.1 Å². The van der Waals surface area contributed by atoms with Gasteiger partial charge in [-0.3, -0.25) is 9.59 Å². The van der Waals surface area contributed by atoms with E-state index in [4.69, 9.17) is 9.84 Å². The summed E-state index contributed by atoms with van der Waals surface area (Å²) in [6.07, 6.45) is 6.37. The van der Waals surface area contributed by atoms with Gasteiger partial charge in [0.15, 0.2) is 5.60 Å². The molecule has 25 heavy (non-hydrogen) atoms. The van der Waals surface area contributed by atoms with Gasteiger partial charge >= 0.3 is 5.97 Å². The molecule has 0 aliphatic rings. The molecule has 0 aromatic heterocycles. The van der Waals surface area contributed by atoms with Gasteiger partial charge in [-0.1, -0.05) is 44.7 Å². The number of benzene rings is 1. The summed E-state index contributed by atoms with van der Waals surface area (Å²) < 4.78 is 5.81. The standard InChI is InChI=1S/C20H31NO4/c1-4-5-6-7-8-15-21-19(24)20(2,3)25-17-12-9-16(10-13-17)11-14-18(22)23/h9-10,12-13H,4-8,11,14-15H2,1-3H3,(H,21,24)(H,22,23). The maximum Gasteiger partial charge on any atom is 0.303 e. The third-order valence-electron chi connectivity index (χ3n) is 4.04. The summed E-state index contributed by atoms with van der Waals surface area (Å²) in [6.45, 7) is 6.35. The van der Waals surface area contributed by atoms with Crippen LogP contribution in [0.3, 0.4) is 0 Å². The van der Waals surface area contributed by atoms with Crippen LogP contribution in [-0.2, 0) is 16.0 Å². The largest absolute Gasteiger partial charge is 0.481 e. The second-order valence-electron chi connectivity index (χ2n) is 6.82. The van der Waals surface area contributed by atoms with Crippen molar-refractivity contribution in [2.75, 3.05) is 6.54 Å². The summed E-state index contributed by atoms with van der Waals surface area (Å²) in [5.41, 5.74) is -0.0180. The van der Waals surface area contributed by atoms with Gasteiger partial charge in [0, 0.05) is 13.0 Å². The molecule has 0 bridgehead atoms. The van der Waals surface area contributed by atoms with Crippen molar-refractivity contribution in [2.24, 2.45) is 0 Å². The van der Waals surface area contributed by atoms with Crippen LogP contribution in [0.15, 0.2) is 24.3 Å². The summed E-state index contributed by atoms with van der Waals surface area (Å²) in [5, 5.41) is 11.6. The van der Waals surface area contributed by atoms with Crippen molar-refractivity contribution in [3.05, 3.63) is 29.8 Å². The number of aliphatic carboxylic acids is 1. The average molecular weight is 349 g/mol. The number of hydrogen-bond donors (Lipinski definition) is 2.